The topological polar surface area (TPSA) is 37.0 Å². The molecule has 0 heterocycles. The fourth-order valence-electron chi connectivity index (χ4n) is 0. The van der Waals surface area contributed by atoms with Gasteiger partial charge in [0.15, 0.2) is 0 Å². The van der Waals surface area contributed by atoms with Crippen molar-refractivity contribution in [2.75, 3.05) is 0 Å². The molecule has 2 nitrogen and oxygen atoms in total. The van der Waals surface area contributed by atoms with E-state index >= 15 is 0 Å². The Morgan fingerprint density at radius 2 is 1.71 bits per heavy atom. The lowest BCUT2D eigenvalue weighted by atomic mass is 10.4. The van der Waals surface area contributed by atoms with E-state index in [0.29, 0.717) is 0 Å². The van der Waals surface area contributed by atoms with Gasteiger partial charge in [0.1, 0.15) is 0 Å². The Morgan fingerprint density at radius 3 is 1.71 bits per heavy atom. The maximum atomic E-state index is 11.2. The summed E-state index contributed by atoms with van der Waals surface area (Å²) in [6.07, 6.45) is 0. The highest BCUT2D eigenvalue weighted by atomic mass is 19.3. The number of hydrogen-bond donors (Lipinski definition) is 0. The Balaban J connectivity index is 3.79. The third-order valence-electron chi connectivity index (χ3n) is 0.358. The van der Waals surface area contributed by atoms with Gasteiger partial charge < -0.3 is 0 Å². The van der Waals surface area contributed by atoms with E-state index in [2.05, 4.69) is 0 Å². The van der Waals surface area contributed by atoms with Gasteiger partial charge in [-0.15, -0.1) is 0 Å². The van der Waals surface area contributed by atoms with Crippen LogP contribution in [0.5, 0.6) is 0 Å². The second-order valence-electron chi connectivity index (χ2n) is 1.18. The fourth-order valence-corrected chi connectivity index (χ4v) is 0. The van der Waals surface area contributed by atoms with Gasteiger partial charge in [0.25, 0.3) is 0 Å². The molecule has 0 bridgehead atoms. The van der Waals surface area contributed by atoms with Crippen molar-refractivity contribution in [1.82, 2.24) is 0 Å². The van der Waals surface area contributed by atoms with Gasteiger partial charge in [0.2, 0.25) is 0 Å². The molecule has 0 atom stereocenters. The van der Waals surface area contributed by atoms with Gasteiger partial charge in [-0.25, -0.2) is 9.90 Å². The average Bonchev–Trinajstić information content (AvgIpc) is 1.31. The molecule has 0 rings (SSSR count). The van der Waals surface area contributed by atoms with Crippen molar-refractivity contribution in [3.05, 3.63) is 0 Å². The Morgan fingerprint density at radius 1 is 1.57 bits per heavy atom. The molecule has 0 aliphatic carbocycles. The van der Waals surface area contributed by atoms with Crippen molar-refractivity contribution in [3.8, 4) is 0 Å². The van der Waals surface area contributed by atoms with Crippen LogP contribution in [0.4, 0.5) is 8.78 Å². The molecule has 0 aromatic rings. The Kier molecular flexibility index (Phi) is 1.30. The van der Waals surface area contributed by atoms with E-state index in [1.165, 1.54) is 0 Å². The predicted molar refractivity (Wildman–Crippen MR) is 16.3 cm³/mol. The molecule has 7 heavy (non-hydrogen) atoms. The summed E-state index contributed by atoms with van der Waals surface area (Å²) in [5, 5.41) is 9.16. The van der Waals surface area contributed by atoms with Crippen molar-refractivity contribution < 1.29 is 18.7 Å². The van der Waals surface area contributed by atoms with Gasteiger partial charge in [-0.1, -0.05) is 0 Å². The lowest BCUT2D eigenvalue weighted by molar-refractivity contribution is -0.168. The summed E-state index contributed by atoms with van der Waals surface area (Å²) in [4.78, 5) is 9.16. The molecule has 0 N–H and O–H groups in total. The fraction of sp³-hybridized carbons (Fsp3) is 0.667. The maximum Gasteiger partial charge on any atom is 0.423 e. The summed E-state index contributed by atoms with van der Waals surface area (Å²) in [5.41, 5.74) is 0. The van der Waals surface area contributed by atoms with Crippen LogP contribution in [0.3, 0.4) is 0 Å². The zero-order chi connectivity index (χ0) is 6.08. The first-order chi connectivity index (χ1) is 2.94. The third-order valence-corrected chi connectivity index (χ3v) is 0.358. The van der Waals surface area contributed by atoms with Crippen LogP contribution in [-0.4, -0.2) is 11.9 Å². The molecule has 0 unspecified atom stereocenters. The molecule has 41 valence electrons. The van der Waals surface area contributed by atoms with E-state index in [-0.39, 0.29) is 6.92 Å². The Labute approximate surface area is 38.8 Å². The molecule has 0 amide bonds. The number of hydrogen-bond acceptors (Lipinski definition) is 1. The van der Waals surface area contributed by atoms with Crippen molar-refractivity contribution in [2.24, 2.45) is 0 Å². The van der Waals surface area contributed by atoms with Gasteiger partial charge in [-0.05, 0) is 0 Å². The van der Waals surface area contributed by atoms with E-state index in [4.69, 9.17) is 9.90 Å². The number of halogens is 2. The molecular formula is C3H3F2O2. The van der Waals surface area contributed by atoms with Gasteiger partial charge in [-0.2, -0.15) is 8.78 Å². The SMILES string of the molecule is CC(F)(F)C([O])=O. The molecule has 0 fully saturated rings. The molecule has 0 aliphatic rings. The second-order valence-corrected chi connectivity index (χ2v) is 1.18. The van der Waals surface area contributed by atoms with E-state index < -0.39 is 11.9 Å². The molecular weight excluding hydrogens is 106 g/mol. The summed E-state index contributed by atoms with van der Waals surface area (Å²) < 4.78 is 22.4. The summed E-state index contributed by atoms with van der Waals surface area (Å²) in [6, 6.07) is 0. The highest BCUT2D eigenvalue weighted by Crippen LogP contribution is 2.10. The minimum Gasteiger partial charge on any atom is -0.240 e. The zero-order valence-electron chi connectivity index (χ0n) is 3.57. The molecule has 0 aliphatic heterocycles. The largest absolute Gasteiger partial charge is 0.423 e. The standard InChI is InChI=1S/C3H3F2O2/c1-3(4,5)2(6)7/h1H3. The number of rotatable bonds is 1. The van der Waals surface area contributed by atoms with Crippen LogP contribution in [0.25, 0.3) is 0 Å². The summed E-state index contributed by atoms with van der Waals surface area (Å²) in [5.74, 6) is -6.03. The Bertz CT molecular complexity index is 83.4. The quantitative estimate of drug-likeness (QED) is 0.485. The molecule has 0 saturated carbocycles. The first kappa shape index (κ1) is 6.33. The molecule has 0 spiro atoms. The minimum absolute atomic E-state index is 0.266. The van der Waals surface area contributed by atoms with Crippen LogP contribution >= 0.6 is 0 Å². The number of carbonyl (C=O) groups is 1. The highest BCUT2D eigenvalue weighted by molar-refractivity contribution is 5.74. The zero-order valence-corrected chi connectivity index (χ0v) is 3.57. The molecule has 4 heteroatoms. The normalized spacial score (nSPS) is 11.3. The Hall–Kier alpha value is -0.670. The van der Waals surface area contributed by atoms with Crippen LogP contribution in [0.2, 0.25) is 0 Å². The summed E-state index contributed by atoms with van der Waals surface area (Å²) in [6.45, 7) is 0.266. The van der Waals surface area contributed by atoms with Crippen molar-refractivity contribution in [2.45, 2.75) is 12.8 Å². The number of alkyl halides is 2. The first-order valence-corrected chi connectivity index (χ1v) is 1.54. The predicted octanol–water partition coefficient (Wildman–Crippen LogP) is 0.599. The van der Waals surface area contributed by atoms with Crippen molar-refractivity contribution in [3.63, 3.8) is 0 Å². The summed E-state index contributed by atoms with van der Waals surface area (Å²) in [7, 11) is 0. The third kappa shape index (κ3) is 2.08. The van der Waals surface area contributed by atoms with Crippen LogP contribution in [-0.2, 0) is 9.90 Å². The van der Waals surface area contributed by atoms with Crippen LogP contribution in [0.15, 0.2) is 0 Å². The van der Waals surface area contributed by atoms with Crippen molar-refractivity contribution >= 4 is 5.97 Å². The highest BCUT2D eigenvalue weighted by Gasteiger charge is 2.33. The first-order valence-electron chi connectivity index (χ1n) is 1.54. The monoisotopic (exact) mass is 109 g/mol. The lowest BCUT2D eigenvalue weighted by Crippen LogP contribution is -2.21. The van der Waals surface area contributed by atoms with Gasteiger partial charge in [0.05, 0.1) is 0 Å². The van der Waals surface area contributed by atoms with E-state index in [1.54, 1.807) is 0 Å². The smallest absolute Gasteiger partial charge is 0.240 e. The van der Waals surface area contributed by atoms with E-state index in [9.17, 15) is 8.78 Å². The van der Waals surface area contributed by atoms with Gasteiger partial charge in [-0.3, -0.25) is 0 Å². The van der Waals surface area contributed by atoms with Gasteiger partial charge in [0, 0.05) is 6.92 Å². The molecule has 0 saturated heterocycles. The van der Waals surface area contributed by atoms with E-state index in [0.717, 1.165) is 0 Å². The maximum absolute atomic E-state index is 11.2. The molecule has 0 aromatic heterocycles. The van der Waals surface area contributed by atoms with Crippen LogP contribution in [0, 0.1) is 0 Å². The van der Waals surface area contributed by atoms with Crippen LogP contribution < -0.4 is 0 Å². The number of carbonyl (C=O) groups excluding carboxylic acids is 1. The average molecular weight is 109 g/mol. The van der Waals surface area contributed by atoms with Gasteiger partial charge >= 0.3 is 11.9 Å². The summed E-state index contributed by atoms with van der Waals surface area (Å²) >= 11 is 0. The van der Waals surface area contributed by atoms with Crippen molar-refractivity contribution in [1.29, 1.82) is 0 Å². The molecule has 0 aromatic carbocycles. The second kappa shape index (κ2) is 1.44. The molecule has 1 radical (unpaired) electrons. The van der Waals surface area contributed by atoms with E-state index in [1.807, 2.05) is 0 Å². The minimum atomic E-state index is -3.69. The van der Waals surface area contributed by atoms with Crippen LogP contribution in [0.1, 0.15) is 6.92 Å². The lowest BCUT2D eigenvalue weighted by Gasteiger charge is -1.96.